The second-order valence-corrected chi connectivity index (χ2v) is 8.45. The first-order chi connectivity index (χ1) is 12.3. The normalized spacial score (nSPS) is 32.6. The maximum absolute atomic E-state index is 13.0. The van der Waals surface area contributed by atoms with Crippen LogP contribution in [0.2, 0.25) is 0 Å². The molecule has 144 valence electrons. The Hall–Kier alpha value is -1.60. The first kappa shape index (κ1) is 17.8. The molecule has 4 aliphatic rings. The summed E-state index contributed by atoms with van der Waals surface area (Å²) in [4.78, 5) is 12.3. The van der Waals surface area contributed by atoms with Crippen LogP contribution in [0.3, 0.4) is 0 Å². The lowest BCUT2D eigenvalue weighted by atomic mass is 9.49. The van der Waals surface area contributed by atoms with Crippen LogP contribution in [0.5, 0.6) is 0 Å². The van der Waals surface area contributed by atoms with Crippen molar-refractivity contribution in [2.75, 3.05) is 6.54 Å². The van der Waals surface area contributed by atoms with Crippen molar-refractivity contribution in [3.8, 4) is 0 Å². The van der Waals surface area contributed by atoms with E-state index >= 15 is 0 Å². The van der Waals surface area contributed by atoms with Crippen molar-refractivity contribution >= 4 is 5.91 Å². The van der Waals surface area contributed by atoms with E-state index in [-0.39, 0.29) is 5.41 Å². The summed E-state index contributed by atoms with van der Waals surface area (Å²) in [7, 11) is 0. The molecule has 1 N–H and O–H groups in total. The minimum atomic E-state index is -2.95. The molecule has 0 atom stereocenters. The van der Waals surface area contributed by atoms with Gasteiger partial charge in [-0.15, -0.1) is 0 Å². The zero-order valence-electron chi connectivity index (χ0n) is 14.4. The molecule has 0 aliphatic heterocycles. The van der Waals surface area contributed by atoms with E-state index in [1.54, 1.807) is 0 Å². The van der Waals surface area contributed by atoms with Gasteiger partial charge in [0.15, 0.2) is 0 Å². The van der Waals surface area contributed by atoms with Gasteiger partial charge < -0.3 is 5.32 Å². The molecule has 0 saturated heterocycles. The zero-order valence-corrected chi connectivity index (χ0v) is 14.4. The van der Waals surface area contributed by atoms with E-state index in [0.717, 1.165) is 37.0 Å². The number of rotatable bonds is 6. The van der Waals surface area contributed by atoms with Crippen LogP contribution in [0.25, 0.3) is 0 Å². The Bertz CT molecular complexity index is 653. The summed E-state index contributed by atoms with van der Waals surface area (Å²) in [6.45, 7) is 0.0844. The first-order valence-electron chi connectivity index (χ1n) is 9.24. The highest BCUT2D eigenvalue weighted by Crippen LogP contribution is 2.59. The van der Waals surface area contributed by atoms with Gasteiger partial charge in [0, 0.05) is 6.54 Å². The molecule has 26 heavy (non-hydrogen) atoms. The molecule has 1 aromatic heterocycles. The summed E-state index contributed by atoms with van der Waals surface area (Å²) in [6.07, 6.45) is 1.38. The second-order valence-electron chi connectivity index (χ2n) is 8.45. The zero-order chi connectivity index (χ0) is 18.5. The largest absolute Gasteiger partial charge is 0.354 e. The van der Waals surface area contributed by atoms with E-state index in [0.29, 0.717) is 17.3 Å². The highest BCUT2D eigenvalue weighted by molar-refractivity contribution is 5.75. The molecule has 4 bridgehead atoms. The third-order valence-electron chi connectivity index (χ3n) is 6.40. The lowest BCUT2D eigenvalue weighted by Gasteiger charge is -2.56. The van der Waals surface area contributed by atoms with Crippen LogP contribution < -0.4 is 5.32 Å². The number of carbonyl (C=O) groups is 1. The molecule has 1 amide bonds. The number of hydrogen-bond donors (Lipinski definition) is 1. The second kappa shape index (κ2) is 6.53. The molecule has 1 aromatic rings. The Balaban J connectivity index is 1.39. The molecule has 5 rings (SSSR count). The Kier molecular flexibility index (Phi) is 4.47. The molecule has 0 spiro atoms. The maximum Gasteiger partial charge on any atom is 0.282 e. The van der Waals surface area contributed by atoms with Gasteiger partial charge in [0.2, 0.25) is 5.91 Å². The summed E-state index contributed by atoms with van der Waals surface area (Å²) < 4.78 is 52.1. The van der Waals surface area contributed by atoms with Gasteiger partial charge >= 0.3 is 0 Å². The number of carbonyl (C=O) groups excluding carboxylic acids is 1. The van der Waals surface area contributed by atoms with Gasteiger partial charge in [0.05, 0.1) is 0 Å². The van der Waals surface area contributed by atoms with Gasteiger partial charge in [-0.3, -0.25) is 9.48 Å². The van der Waals surface area contributed by atoms with E-state index < -0.39 is 36.7 Å². The van der Waals surface area contributed by atoms with Gasteiger partial charge in [-0.2, -0.15) is 5.10 Å². The Morgan fingerprint density at radius 2 is 1.69 bits per heavy atom. The molecule has 4 nitrogen and oxygen atoms in total. The van der Waals surface area contributed by atoms with Crippen LogP contribution in [0.1, 0.15) is 62.8 Å². The number of hydrogen-bond acceptors (Lipinski definition) is 2. The van der Waals surface area contributed by atoms with Crippen LogP contribution in [0, 0.1) is 23.2 Å². The van der Waals surface area contributed by atoms with E-state index in [4.69, 9.17) is 0 Å². The number of nitrogens with zero attached hydrogens (tertiary/aromatic N) is 2. The maximum atomic E-state index is 13.0. The molecule has 4 fully saturated rings. The summed E-state index contributed by atoms with van der Waals surface area (Å²) in [5.74, 6) is 1.81. The first-order valence-corrected chi connectivity index (χ1v) is 9.24. The quantitative estimate of drug-likeness (QED) is 0.764. The van der Waals surface area contributed by atoms with Crippen molar-refractivity contribution < 1.29 is 22.4 Å². The van der Waals surface area contributed by atoms with Gasteiger partial charge in [0.25, 0.3) is 12.9 Å². The fourth-order valence-electron chi connectivity index (χ4n) is 5.85. The highest BCUT2D eigenvalue weighted by atomic mass is 19.3. The number of alkyl halides is 4. The molecule has 1 heterocycles. The minimum absolute atomic E-state index is 0.133. The lowest BCUT2D eigenvalue weighted by molar-refractivity contribution is -0.124. The van der Waals surface area contributed by atoms with Gasteiger partial charge in [-0.05, 0) is 67.8 Å². The Morgan fingerprint density at radius 1 is 1.12 bits per heavy atom. The molecular weight excluding hydrogens is 350 g/mol. The molecular formula is C18H23F4N3O. The Labute approximate surface area is 149 Å². The fourth-order valence-corrected chi connectivity index (χ4v) is 5.85. The molecule has 8 heteroatoms. The summed E-state index contributed by atoms with van der Waals surface area (Å²) in [5.41, 5.74) is -1.24. The van der Waals surface area contributed by atoms with Crippen molar-refractivity contribution in [3.05, 3.63) is 17.5 Å². The van der Waals surface area contributed by atoms with Crippen molar-refractivity contribution in [1.29, 1.82) is 0 Å². The molecule has 0 radical (unpaired) electrons. The fraction of sp³-hybridized carbons (Fsp3) is 0.778. The van der Waals surface area contributed by atoms with Crippen molar-refractivity contribution in [1.82, 2.24) is 15.1 Å². The third kappa shape index (κ3) is 3.34. The van der Waals surface area contributed by atoms with E-state index in [9.17, 15) is 22.4 Å². The monoisotopic (exact) mass is 373 g/mol. The lowest BCUT2D eigenvalue weighted by Crippen LogP contribution is -2.51. The summed E-state index contributed by atoms with van der Waals surface area (Å²) >= 11 is 0. The topological polar surface area (TPSA) is 46.9 Å². The van der Waals surface area contributed by atoms with Crippen LogP contribution >= 0.6 is 0 Å². The summed E-state index contributed by atoms with van der Waals surface area (Å²) in [6, 6.07) is 0.668. The highest BCUT2D eigenvalue weighted by Gasteiger charge is 2.50. The van der Waals surface area contributed by atoms with Crippen LogP contribution in [0.4, 0.5) is 17.6 Å². The average Bonchev–Trinajstić information content (AvgIpc) is 2.96. The standard InChI is InChI=1S/C18H23F4N3O/c19-16(20)13-4-14(17(21)22)25(24-13)8-15(26)23-9-18-5-10-1-11(6-18)3-12(2-10)7-18/h4,10-12,16-17H,1-3,5-9H2,(H,23,26). The van der Waals surface area contributed by atoms with Crippen molar-refractivity contribution in [2.24, 2.45) is 23.2 Å². The van der Waals surface area contributed by atoms with Gasteiger partial charge in [-0.1, -0.05) is 0 Å². The third-order valence-corrected chi connectivity index (χ3v) is 6.40. The van der Waals surface area contributed by atoms with Gasteiger partial charge in [-0.25, -0.2) is 17.6 Å². The predicted octanol–water partition coefficient (Wildman–Crippen LogP) is 4.09. The molecule has 4 aliphatic carbocycles. The van der Waals surface area contributed by atoms with Crippen LogP contribution in [-0.2, 0) is 11.3 Å². The van der Waals surface area contributed by atoms with E-state index in [1.165, 1.54) is 19.3 Å². The van der Waals surface area contributed by atoms with E-state index in [1.807, 2.05) is 0 Å². The number of amides is 1. The van der Waals surface area contributed by atoms with Crippen LogP contribution in [0.15, 0.2) is 6.07 Å². The molecule has 4 saturated carbocycles. The number of nitrogens with one attached hydrogen (secondary N) is 1. The smallest absolute Gasteiger partial charge is 0.282 e. The number of aromatic nitrogens is 2. The molecule has 0 aromatic carbocycles. The molecule has 0 unspecified atom stereocenters. The van der Waals surface area contributed by atoms with Crippen molar-refractivity contribution in [2.45, 2.75) is 57.9 Å². The predicted molar refractivity (Wildman–Crippen MR) is 85.8 cm³/mol. The Morgan fingerprint density at radius 3 is 2.19 bits per heavy atom. The SMILES string of the molecule is O=C(Cn1nc(C(F)F)cc1C(F)F)NCC12CC3CC(CC(C3)C1)C2. The average molecular weight is 373 g/mol. The number of halogens is 4. The minimum Gasteiger partial charge on any atom is -0.354 e. The summed E-state index contributed by atoms with van der Waals surface area (Å²) in [5, 5.41) is 6.33. The van der Waals surface area contributed by atoms with Crippen molar-refractivity contribution in [3.63, 3.8) is 0 Å². The van der Waals surface area contributed by atoms with Crippen LogP contribution in [-0.4, -0.2) is 22.2 Å². The van der Waals surface area contributed by atoms with E-state index in [2.05, 4.69) is 10.4 Å². The van der Waals surface area contributed by atoms with Gasteiger partial charge in [0.1, 0.15) is 17.9 Å².